The zero-order valence-electron chi connectivity index (χ0n) is 8.96. The molecule has 1 heterocycles. The first-order chi connectivity index (χ1) is 6.77. The van der Waals surface area contributed by atoms with Crippen LogP contribution >= 0.6 is 0 Å². The van der Waals surface area contributed by atoms with Crippen molar-refractivity contribution in [3.05, 3.63) is 29.8 Å². The van der Waals surface area contributed by atoms with E-state index in [0.717, 1.165) is 0 Å². The summed E-state index contributed by atoms with van der Waals surface area (Å²) in [5.41, 5.74) is 1.18. The molecule has 0 aliphatic rings. The zero-order valence-corrected chi connectivity index (χ0v) is 8.96. The van der Waals surface area contributed by atoms with Crippen LogP contribution in [0.2, 0.25) is 0 Å². The van der Waals surface area contributed by atoms with Crippen LogP contribution in [-0.4, -0.2) is 4.98 Å². The molecule has 0 aliphatic heterocycles. The highest BCUT2D eigenvalue weighted by molar-refractivity contribution is 5.14. The molecule has 1 rings (SSSR count). The van der Waals surface area contributed by atoms with Crippen molar-refractivity contribution in [1.29, 1.82) is 0 Å². The third-order valence-corrected chi connectivity index (χ3v) is 2.50. The molecule has 14 heavy (non-hydrogen) atoms. The van der Waals surface area contributed by atoms with Crippen molar-refractivity contribution in [2.45, 2.75) is 45.4 Å². The fourth-order valence-electron chi connectivity index (χ4n) is 1.80. The summed E-state index contributed by atoms with van der Waals surface area (Å²) in [6.07, 6.45) is 6.34. The quantitative estimate of drug-likeness (QED) is 0.649. The van der Waals surface area contributed by atoms with E-state index in [1.54, 1.807) is 6.20 Å². The summed E-state index contributed by atoms with van der Waals surface area (Å²) < 4.78 is 12.6. The smallest absolute Gasteiger partial charge is 0.212 e. The predicted molar refractivity (Wildman–Crippen MR) is 56.8 cm³/mol. The van der Waals surface area contributed by atoms with Crippen LogP contribution in [0.1, 0.15) is 51.0 Å². The van der Waals surface area contributed by atoms with E-state index < -0.39 is 0 Å². The second-order valence-electron chi connectivity index (χ2n) is 3.69. The summed E-state index contributed by atoms with van der Waals surface area (Å²) in [7, 11) is 0. The molecule has 1 nitrogen and oxygen atoms in total. The Labute approximate surface area is 85.4 Å². The zero-order chi connectivity index (χ0) is 10.4. The lowest BCUT2D eigenvalue weighted by Crippen LogP contribution is -1.99. The number of rotatable bonds is 5. The van der Waals surface area contributed by atoms with Gasteiger partial charge in [0.1, 0.15) is 0 Å². The lowest BCUT2D eigenvalue weighted by molar-refractivity contribution is 0.547. The molecule has 0 atom stereocenters. The van der Waals surface area contributed by atoms with E-state index in [2.05, 4.69) is 18.8 Å². The summed E-state index contributed by atoms with van der Waals surface area (Å²) in [5.74, 6) is 0.165. The molecule has 0 N–H and O–H groups in total. The highest BCUT2D eigenvalue weighted by atomic mass is 19.1. The maximum absolute atomic E-state index is 12.6. The standard InChI is InChI=1S/C12H18FN/c1-3-5-10(6-4-2)11-7-8-12(13)14-9-11/h7-10H,3-6H2,1-2H3. The summed E-state index contributed by atoms with van der Waals surface area (Å²) in [4.78, 5) is 3.70. The topological polar surface area (TPSA) is 12.9 Å². The molecule has 0 spiro atoms. The number of hydrogen-bond donors (Lipinski definition) is 0. The molecule has 1 aromatic rings. The molecule has 78 valence electrons. The maximum Gasteiger partial charge on any atom is 0.212 e. The minimum Gasteiger partial charge on any atom is -0.228 e. The predicted octanol–water partition coefficient (Wildman–Crippen LogP) is 3.90. The molecule has 0 bridgehead atoms. The van der Waals surface area contributed by atoms with E-state index in [-0.39, 0.29) is 5.95 Å². The Morgan fingerprint density at radius 2 is 1.86 bits per heavy atom. The van der Waals surface area contributed by atoms with Crippen LogP contribution in [0.4, 0.5) is 4.39 Å². The fraction of sp³-hybridized carbons (Fsp3) is 0.583. The molecule has 0 saturated carbocycles. The molecule has 0 aromatic carbocycles. The number of pyridine rings is 1. The van der Waals surface area contributed by atoms with E-state index in [0.29, 0.717) is 5.92 Å². The van der Waals surface area contributed by atoms with Crippen molar-refractivity contribution in [2.75, 3.05) is 0 Å². The average molecular weight is 195 g/mol. The van der Waals surface area contributed by atoms with Gasteiger partial charge < -0.3 is 0 Å². The lowest BCUT2D eigenvalue weighted by atomic mass is 9.92. The number of halogens is 1. The first-order valence-corrected chi connectivity index (χ1v) is 5.39. The van der Waals surface area contributed by atoms with Crippen molar-refractivity contribution >= 4 is 0 Å². The molecule has 0 unspecified atom stereocenters. The highest BCUT2D eigenvalue weighted by Crippen LogP contribution is 2.25. The normalized spacial score (nSPS) is 10.9. The summed E-state index contributed by atoms with van der Waals surface area (Å²) >= 11 is 0. The Kier molecular flexibility index (Phi) is 4.57. The van der Waals surface area contributed by atoms with Gasteiger partial charge in [-0.15, -0.1) is 0 Å². The Balaban J connectivity index is 2.71. The Bertz CT molecular complexity index is 250. The molecular formula is C12H18FN. The van der Waals surface area contributed by atoms with Crippen molar-refractivity contribution in [3.8, 4) is 0 Å². The van der Waals surface area contributed by atoms with Crippen LogP contribution in [0.15, 0.2) is 18.3 Å². The SMILES string of the molecule is CCCC(CCC)c1ccc(F)nc1. The van der Waals surface area contributed by atoms with Gasteiger partial charge in [-0.2, -0.15) is 4.39 Å². The van der Waals surface area contributed by atoms with Crippen LogP contribution < -0.4 is 0 Å². The molecular weight excluding hydrogens is 177 g/mol. The average Bonchev–Trinajstić information content (AvgIpc) is 2.19. The van der Waals surface area contributed by atoms with Gasteiger partial charge in [0.2, 0.25) is 5.95 Å². The minimum absolute atomic E-state index is 0.388. The largest absolute Gasteiger partial charge is 0.228 e. The van der Waals surface area contributed by atoms with Gasteiger partial charge in [-0.25, -0.2) is 4.98 Å². The van der Waals surface area contributed by atoms with E-state index in [4.69, 9.17) is 0 Å². The summed E-state index contributed by atoms with van der Waals surface area (Å²) in [5, 5.41) is 0. The van der Waals surface area contributed by atoms with Crippen molar-refractivity contribution in [2.24, 2.45) is 0 Å². The molecule has 0 saturated heterocycles. The summed E-state index contributed by atoms with van der Waals surface area (Å²) in [6.45, 7) is 4.36. The third-order valence-electron chi connectivity index (χ3n) is 2.50. The van der Waals surface area contributed by atoms with Crippen LogP contribution in [0.5, 0.6) is 0 Å². The number of hydrogen-bond acceptors (Lipinski definition) is 1. The Hall–Kier alpha value is -0.920. The van der Waals surface area contributed by atoms with E-state index in [1.165, 1.54) is 37.3 Å². The second kappa shape index (κ2) is 5.74. The van der Waals surface area contributed by atoms with Crippen LogP contribution in [0.3, 0.4) is 0 Å². The van der Waals surface area contributed by atoms with Crippen molar-refractivity contribution in [3.63, 3.8) is 0 Å². The first kappa shape index (κ1) is 11.2. The summed E-state index contributed by atoms with van der Waals surface area (Å²) in [6, 6.07) is 3.31. The van der Waals surface area contributed by atoms with Crippen LogP contribution in [-0.2, 0) is 0 Å². The van der Waals surface area contributed by atoms with Gasteiger partial charge in [0.05, 0.1) is 0 Å². The second-order valence-corrected chi connectivity index (χ2v) is 3.69. The maximum atomic E-state index is 12.6. The van der Waals surface area contributed by atoms with Crippen molar-refractivity contribution in [1.82, 2.24) is 4.98 Å². The number of aromatic nitrogens is 1. The monoisotopic (exact) mass is 195 g/mol. The minimum atomic E-state index is -0.388. The van der Waals surface area contributed by atoms with Gasteiger partial charge >= 0.3 is 0 Å². The Morgan fingerprint density at radius 1 is 1.21 bits per heavy atom. The van der Waals surface area contributed by atoms with E-state index >= 15 is 0 Å². The Morgan fingerprint density at radius 3 is 2.29 bits per heavy atom. The highest BCUT2D eigenvalue weighted by Gasteiger charge is 2.09. The van der Waals surface area contributed by atoms with E-state index in [9.17, 15) is 4.39 Å². The van der Waals surface area contributed by atoms with Crippen LogP contribution in [0, 0.1) is 5.95 Å². The van der Waals surface area contributed by atoms with Gasteiger partial charge in [-0.3, -0.25) is 0 Å². The molecule has 0 aliphatic carbocycles. The molecule has 0 fully saturated rings. The van der Waals surface area contributed by atoms with Gasteiger partial charge in [0, 0.05) is 6.20 Å². The van der Waals surface area contributed by atoms with Crippen molar-refractivity contribution < 1.29 is 4.39 Å². The third kappa shape index (κ3) is 3.09. The van der Waals surface area contributed by atoms with Gasteiger partial charge in [-0.05, 0) is 30.4 Å². The van der Waals surface area contributed by atoms with Gasteiger partial charge in [0.25, 0.3) is 0 Å². The molecule has 1 aromatic heterocycles. The fourth-order valence-corrected chi connectivity index (χ4v) is 1.80. The van der Waals surface area contributed by atoms with E-state index in [1.807, 2.05) is 6.07 Å². The number of nitrogens with zero attached hydrogens (tertiary/aromatic N) is 1. The van der Waals surface area contributed by atoms with Gasteiger partial charge in [0.15, 0.2) is 0 Å². The van der Waals surface area contributed by atoms with Gasteiger partial charge in [-0.1, -0.05) is 32.8 Å². The molecule has 0 amide bonds. The molecule has 0 radical (unpaired) electrons. The lowest BCUT2D eigenvalue weighted by Gasteiger charge is -2.14. The molecule has 2 heteroatoms. The van der Waals surface area contributed by atoms with Crippen LogP contribution in [0.25, 0.3) is 0 Å². The first-order valence-electron chi connectivity index (χ1n) is 5.39.